The Morgan fingerprint density at radius 3 is 2.43 bits per heavy atom. The molecule has 0 aromatic carbocycles. The van der Waals surface area contributed by atoms with Crippen LogP contribution < -0.4 is 4.74 Å². The van der Waals surface area contributed by atoms with Gasteiger partial charge in [-0.2, -0.15) is 0 Å². The number of unbranched alkanes of at least 4 members (excludes halogenated alkanes) is 3. The quantitative estimate of drug-likeness (QED) is 0.473. The summed E-state index contributed by atoms with van der Waals surface area (Å²) in [4.78, 5) is 10.2. The van der Waals surface area contributed by atoms with E-state index in [4.69, 9.17) is 4.74 Å². The average molecular weight is 347 g/mol. The van der Waals surface area contributed by atoms with E-state index in [1.54, 1.807) is 22.7 Å². The Balaban J connectivity index is 1.67. The molecule has 0 N–H and O–H groups in total. The van der Waals surface area contributed by atoms with Crippen LogP contribution in [0.4, 0.5) is 0 Å². The lowest BCUT2D eigenvalue weighted by atomic mass is 10.1. The van der Waals surface area contributed by atoms with E-state index in [2.05, 4.69) is 29.0 Å². The first-order valence-electron chi connectivity index (χ1n) is 8.27. The lowest BCUT2D eigenvalue weighted by molar-refractivity contribution is 0.350. The highest BCUT2D eigenvalue weighted by molar-refractivity contribution is 7.30. The van der Waals surface area contributed by atoms with E-state index >= 15 is 0 Å². The third-order valence-corrected chi connectivity index (χ3v) is 5.92. The van der Waals surface area contributed by atoms with Crippen molar-refractivity contribution in [2.45, 2.75) is 46.0 Å². The maximum atomic E-state index is 5.56. The van der Waals surface area contributed by atoms with Gasteiger partial charge in [-0.3, -0.25) is 0 Å². The van der Waals surface area contributed by atoms with Crippen LogP contribution in [0.15, 0.2) is 24.5 Å². The van der Waals surface area contributed by atoms with Gasteiger partial charge in [0.2, 0.25) is 0 Å². The summed E-state index contributed by atoms with van der Waals surface area (Å²) in [5, 5.41) is 0.989. The van der Waals surface area contributed by atoms with Gasteiger partial charge in [-0.1, -0.05) is 37.5 Å². The molecular weight excluding hydrogens is 324 g/mol. The van der Waals surface area contributed by atoms with Crippen LogP contribution in [-0.2, 0) is 6.42 Å². The largest absolute Gasteiger partial charge is 0.484 e. The third-order valence-electron chi connectivity index (χ3n) is 3.72. The molecule has 0 bridgehead atoms. The van der Waals surface area contributed by atoms with Crippen LogP contribution in [0, 0.1) is 0 Å². The van der Waals surface area contributed by atoms with E-state index in [9.17, 15) is 0 Å². The van der Waals surface area contributed by atoms with E-state index in [0.29, 0.717) is 6.61 Å². The molecule has 3 nitrogen and oxygen atoms in total. The van der Waals surface area contributed by atoms with Crippen LogP contribution in [0.1, 0.15) is 45.1 Å². The predicted octanol–water partition coefficient (Wildman–Crippen LogP) is 5.94. The van der Waals surface area contributed by atoms with Gasteiger partial charge in [0, 0.05) is 27.9 Å². The van der Waals surface area contributed by atoms with E-state index in [-0.39, 0.29) is 0 Å². The van der Waals surface area contributed by atoms with Crippen molar-refractivity contribution < 1.29 is 4.74 Å². The normalized spacial score (nSPS) is 11.2. The zero-order valence-corrected chi connectivity index (χ0v) is 15.3. The highest BCUT2D eigenvalue weighted by Gasteiger charge is 2.10. The molecule has 0 aliphatic rings. The fourth-order valence-electron chi connectivity index (χ4n) is 2.50. The fourth-order valence-corrected chi connectivity index (χ4v) is 4.75. The van der Waals surface area contributed by atoms with Gasteiger partial charge in [-0.05, 0) is 31.4 Å². The molecule has 0 fully saturated rings. The van der Waals surface area contributed by atoms with E-state index < -0.39 is 0 Å². The highest BCUT2D eigenvalue weighted by Crippen LogP contribution is 2.40. The molecule has 0 spiro atoms. The number of fused-ring (bicyclic) bond motifs is 1. The summed E-state index contributed by atoms with van der Waals surface area (Å²) in [6.07, 6.45) is 10.1. The molecule has 0 unspecified atom stereocenters. The average Bonchev–Trinajstić information content (AvgIpc) is 3.11. The first-order valence-corrected chi connectivity index (χ1v) is 9.91. The molecule has 0 atom stereocenters. The van der Waals surface area contributed by atoms with Crippen LogP contribution in [0.5, 0.6) is 5.06 Å². The number of nitrogens with zero attached hydrogens (tertiary/aromatic N) is 2. The van der Waals surface area contributed by atoms with Crippen LogP contribution in [-0.4, -0.2) is 16.6 Å². The van der Waals surface area contributed by atoms with Gasteiger partial charge < -0.3 is 4.74 Å². The summed E-state index contributed by atoms with van der Waals surface area (Å²) in [5.74, 6) is 0.827. The second-order valence-corrected chi connectivity index (χ2v) is 7.69. The van der Waals surface area contributed by atoms with Crippen molar-refractivity contribution in [2.24, 2.45) is 0 Å². The minimum atomic E-state index is 0.712. The van der Waals surface area contributed by atoms with Gasteiger partial charge in [0.1, 0.15) is 0 Å². The monoisotopic (exact) mass is 346 g/mol. The van der Waals surface area contributed by atoms with Gasteiger partial charge in [-0.25, -0.2) is 9.97 Å². The standard InChI is InChI=1S/C18H22N2OS2/c1-3-5-6-7-8-13-11-19-18(20-12-13)16-9-14-15(22-16)10-17(23-14)21-4-2/h9-12H,3-8H2,1-2H3. The second kappa shape index (κ2) is 7.88. The van der Waals surface area contributed by atoms with Crippen molar-refractivity contribution in [3.63, 3.8) is 0 Å². The van der Waals surface area contributed by atoms with Crippen molar-refractivity contribution >= 4 is 32.1 Å². The van der Waals surface area contributed by atoms with Crippen molar-refractivity contribution in [1.29, 1.82) is 0 Å². The predicted molar refractivity (Wildman–Crippen MR) is 99.7 cm³/mol. The molecule has 0 saturated heterocycles. The minimum absolute atomic E-state index is 0.712. The van der Waals surface area contributed by atoms with Gasteiger partial charge in [0.25, 0.3) is 0 Å². The molecule has 0 amide bonds. The van der Waals surface area contributed by atoms with Gasteiger partial charge in [0.15, 0.2) is 10.9 Å². The Hall–Kier alpha value is -1.46. The molecule has 3 aromatic rings. The van der Waals surface area contributed by atoms with E-state index in [0.717, 1.165) is 22.2 Å². The lowest BCUT2D eigenvalue weighted by Gasteiger charge is -2.01. The van der Waals surface area contributed by atoms with E-state index in [1.807, 2.05) is 19.3 Å². The number of aryl methyl sites for hydroxylation is 1. The van der Waals surface area contributed by atoms with Crippen LogP contribution >= 0.6 is 22.7 Å². The Kier molecular flexibility index (Phi) is 5.62. The SMILES string of the molecule is CCCCCCc1cnc(-c2cc3sc(OCC)cc3s2)nc1. The molecule has 3 rings (SSSR count). The van der Waals surface area contributed by atoms with Gasteiger partial charge in [0.05, 0.1) is 11.5 Å². The topological polar surface area (TPSA) is 35.0 Å². The molecule has 23 heavy (non-hydrogen) atoms. The lowest BCUT2D eigenvalue weighted by Crippen LogP contribution is -1.92. The number of aromatic nitrogens is 2. The number of thiophene rings is 2. The Labute approximate surface area is 145 Å². The minimum Gasteiger partial charge on any atom is -0.484 e. The van der Waals surface area contributed by atoms with Crippen molar-refractivity contribution in [3.8, 4) is 15.8 Å². The molecule has 0 radical (unpaired) electrons. The van der Waals surface area contributed by atoms with Crippen LogP contribution in [0.3, 0.4) is 0 Å². The van der Waals surface area contributed by atoms with Gasteiger partial charge >= 0.3 is 0 Å². The summed E-state index contributed by atoms with van der Waals surface area (Å²) in [7, 11) is 0. The molecular formula is C18H22N2OS2. The van der Waals surface area contributed by atoms with Crippen LogP contribution in [0.2, 0.25) is 0 Å². The summed E-state index contributed by atoms with van der Waals surface area (Å²) in [6, 6.07) is 4.28. The number of rotatable bonds is 8. The fraction of sp³-hybridized carbons (Fsp3) is 0.444. The van der Waals surface area contributed by atoms with E-state index in [1.165, 1.54) is 40.6 Å². The summed E-state index contributed by atoms with van der Waals surface area (Å²) in [6.45, 7) is 4.96. The maximum absolute atomic E-state index is 5.56. The number of hydrogen-bond acceptors (Lipinski definition) is 5. The van der Waals surface area contributed by atoms with Crippen molar-refractivity contribution in [2.75, 3.05) is 6.61 Å². The molecule has 0 aliphatic heterocycles. The Morgan fingerprint density at radius 2 is 1.74 bits per heavy atom. The molecule has 0 saturated carbocycles. The molecule has 5 heteroatoms. The zero-order chi connectivity index (χ0) is 16.1. The molecule has 0 aliphatic carbocycles. The number of hydrogen-bond donors (Lipinski definition) is 0. The molecule has 3 heterocycles. The molecule has 122 valence electrons. The zero-order valence-electron chi connectivity index (χ0n) is 13.7. The highest BCUT2D eigenvalue weighted by atomic mass is 32.1. The third kappa shape index (κ3) is 4.09. The van der Waals surface area contributed by atoms with Crippen molar-refractivity contribution in [3.05, 3.63) is 30.1 Å². The maximum Gasteiger partial charge on any atom is 0.175 e. The van der Waals surface area contributed by atoms with Crippen LogP contribution in [0.25, 0.3) is 20.1 Å². The first kappa shape index (κ1) is 16.4. The summed E-state index contributed by atoms with van der Waals surface area (Å²) in [5.41, 5.74) is 1.24. The van der Waals surface area contributed by atoms with Gasteiger partial charge in [-0.15, -0.1) is 11.3 Å². The second-order valence-electron chi connectivity index (χ2n) is 5.56. The van der Waals surface area contributed by atoms with Crippen molar-refractivity contribution in [1.82, 2.24) is 9.97 Å². The smallest absolute Gasteiger partial charge is 0.175 e. The summed E-state index contributed by atoms with van der Waals surface area (Å²) >= 11 is 3.42. The molecule has 3 aromatic heterocycles. The Morgan fingerprint density at radius 1 is 0.957 bits per heavy atom. The Bertz CT molecular complexity index is 715. The summed E-state index contributed by atoms with van der Waals surface area (Å²) < 4.78 is 8.06. The number of ether oxygens (including phenoxy) is 1. The first-order chi connectivity index (χ1) is 11.3.